The minimum atomic E-state index is -0.142. The number of pyridine rings is 1. The number of nitrogens with zero attached hydrogens (tertiary/aromatic N) is 1. The molecule has 0 saturated carbocycles. The second kappa shape index (κ2) is 8.68. The Morgan fingerprint density at radius 3 is 2.53 bits per heavy atom. The van der Waals surface area contributed by atoms with Gasteiger partial charge in [-0.15, -0.1) is 22.7 Å². The summed E-state index contributed by atoms with van der Waals surface area (Å²) in [5, 5.41) is 6.23. The van der Waals surface area contributed by atoms with E-state index in [1.54, 1.807) is 11.3 Å². The van der Waals surface area contributed by atoms with Crippen molar-refractivity contribution in [1.82, 2.24) is 4.98 Å². The molecule has 0 unspecified atom stereocenters. The van der Waals surface area contributed by atoms with E-state index in [0.29, 0.717) is 10.6 Å². The van der Waals surface area contributed by atoms with Crippen molar-refractivity contribution in [3.63, 3.8) is 0 Å². The Morgan fingerprint density at radius 2 is 1.84 bits per heavy atom. The fraction of sp³-hybridized carbons (Fsp3) is 0.308. The van der Waals surface area contributed by atoms with E-state index in [9.17, 15) is 4.79 Å². The highest BCUT2D eigenvalue weighted by Gasteiger charge is 2.26. The van der Waals surface area contributed by atoms with Crippen molar-refractivity contribution < 1.29 is 4.79 Å². The lowest BCUT2D eigenvalue weighted by Crippen LogP contribution is -2.15. The molecule has 4 aromatic rings. The summed E-state index contributed by atoms with van der Waals surface area (Å²) >= 11 is 3.14. The number of carbonyl (C=O) groups excluding carboxylic acids is 1. The third kappa shape index (κ3) is 3.51. The van der Waals surface area contributed by atoms with Crippen LogP contribution in [0.5, 0.6) is 0 Å². The average Bonchev–Trinajstić information content (AvgIpc) is 3.46. The molecule has 6 heteroatoms. The van der Waals surface area contributed by atoms with Gasteiger partial charge in [0.1, 0.15) is 9.71 Å². The summed E-state index contributed by atoms with van der Waals surface area (Å²) in [6.07, 6.45) is 6.07. The number of aryl methyl sites for hydroxylation is 3. The van der Waals surface area contributed by atoms with E-state index in [2.05, 4.69) is 54.9 Å². The molecule has 1 aliphatic carbocycles. The molecule has 3 aromatic heterocycles. The fourth-order valence-corrected chi connectivity index (χ4v) is 6.57. The maximum atomic E-state index is 13.5. The zero-order chi connectivity index (χ0) is 22.2. The Morgan fingerprint density at radius 1 is 1.09 bits per heavy atom. The van der Waals surface area contributed by atoms with Gasteiger partial charge in [-0.25, -0.2) is 4.98 Å². The standard InChI is InChI=1S/C26H27N3OS2/c1-3-15-9-7-10-16(4-2)23(15)29-25(30)24-22(27)21-20(19-13-8-14-31-19)17-11-5-6-12-18(17)28-26(21)32-24/h7-10,13-14H,3-6,11-12,27H2,1-2H3,(H,29,30). The van der Waals surface area contributed by atoms with Gasteiger partial charge in [0.15, 0.2) is 0 Å². The van der Waals surface area contributed by atoms with Crippen molar-refractivity contribution in [3.05, 3.63) is 63.0 Å². The second-order valence-corrected chi connectivity index (χ2v) is 10.2. The van der Waals surface area contributed by atoms with Crippen LogP contribution in [0, 0.1) is 0 Å². The lowest BCUT2D eigenvalue weighted by atomic mass is 9.90. The minimum absolute atomic E-state index is 0.142. The molecule has 1 aromatic carbocycles. The largest absolute Gasteiger partial charge is 0.397 e. The molecule has 0 bridgehead atoms. The molecule has 0 saturated heterocycles. The molecule has 4 nitrogen and oxygen atoms in total. The number of para-hydroxylation sites is 1. The highest BCUT2D eigenvalue weighted by Crippen LogP contribution is 2.45. The SMILES string of the molecule is CCc1cccc(CC)c1NC(=O)c1sc2nc3c(c(-c4cccs4)c2c1N)CCCC3. The zero-order valence-corrected chi connectivity index (χ0v) is 20.1. The molecule has 164 valence electrons. The summed E-state index contributed by atoms with van der Waals surface area (Å²) in [6.45, 7) is 4.22. The number of anilines is 2. The minimum Gasteiger partial charge on any atom is -0.397 e. The monoisotopic (exact) mass is 461 g/mol. The average molecular weight is 462 g/mol. The summed E-state index contributed by atoms with van der Waals surface area (Å²) in [5.74, 6) is -0.142. The third-order valence-corrected chi connectivity index (χ3v) is 8.35. The topological polar surface area (TPSA) is 68.0 Å². The number of fused-ring (bicyclic) bond motifs is 2. The van der Waals surface area contributed by atoms with Gasteiger partial charge in [-0.2, -0.15) is 0 Å². The van der Waals surface area contributed by atoms with E-state index in [1.807, 2.05) is 0 Å². The van der Waals surface area contributed by atoms with E-state index >= 15 is 0 Å². The van der Waals surface area contributed by atoms with E-state index in [0.717, 1.165) is 59.1 Å². The van der Waals surface area contributed by atoms with Crippen LogP contribution >= 0.6 is 22.7 Å². The van der Waals surface area contributed by atoms with Gasteiger partial charge in [0.05, 0.1) is 5.69 Å². The second-order valence-electron chi connectivity index (χ2n) is 8.23. The first-order chi connectivity index (χ1) is 15.6. The van der Waals surface area contributed by atoms with Gasteiger partial charge in [0.25, 0.3) is 5.91 Å². The van der Waals surface area contributed by atoms with Crippen LogP contribution in [0.3, 0.4) is 0 Å². The van der Waals surface area contributed by atoms with Crippen molar-refractivity contribution in [3.8, 4) is 10.4 Å². The summed E-state index contributed by atoms with van der Waals surface area (Å²) in [7, 11) is 0. The molecule has 3 heterocycles. The molecule has 1 aliphatic rings. The van der Waals surface area contributed by atoms with Crippen LogP contribution in [-0.4, -0.2) is 10.9 Å². The Kier molecular flexibility index (Phi) is 5.74. The van der Waals surface area contributed by atoms with Crippen molar-refractivity contribution in [2.75, 3.05) is 11.1 Å². The van der Waals surface area contributed by atoms with E-state index in [-0.39, 0.29) is 5.91 Å². The molecule has 0 spiro atoms. The number of benzene rings is 1. The highest BCUT2D eigenvalue weighted by molar-refractivity contribution is 7.21. The predicted octanol–water partition coefficient (Wildman–Crippen LogP) is 6.86. The van der Waals surface area contributed by atoms with Crippen molar-refractivity contribution in [2.45, 2.75) is 52.4 Å². The molecular weight excluding hydrogens is 434 g/mol. The van der Waals surface area contributed by atoms with Crippen LogP contribution in [0.25, 0.3) is 20.7 Å². The van der Waals surface area contributed by atoms with Crippen LogP contribution in [0.2, 0.25) is 0 Å². The summed E-state index contributed by atoms with van der Waals surface area (Å²) in [5.41, 5.74) is 14.1. The van der Waals surface area contributed by atoms with Crippen LogP contribution in [0.4, 0.5) is 11.4 Å². The van der Waals surface area contributed by atoms with Gasteiger partial charge in [-0.1, -0.05) is 38.1 Å². The number of thiophene rings is 2. The van der Waals surface area contributed by atoms with Gasteiger partial charge in [-0.05, 0) is 66.7 Å². The van der Waals surface area contributed by atoms with Crippen molar-refractivity contribution in [1.29, 1.82) is 0 Å². The number of nitrogens with one attached hydrogen (secondary N) is 1. The van der Waals surface area contributed by atoms with E-state index < -0.39 is 0 Å². The Bertz CT molecular complexity index is 1280. The predicted molar refractivity (Wildman–Crippen MR) is 137 cm³/mol. The highest BCUT2D eigenvalue weighted by atomic mass is 32.1. The normalized spacial score (nSPS) is 13.3. The number of hydrogen-bond donors (Lipinski definition) is 2. The molecule has 0 atom stereocenters. The first-order valence-corrected chi connectivity index (χ1v) is 13.0. The third-order valence-electron chi connectivity index (χ3n) is 6.36. The molecule has 32 heavy (non-hydrogen) atoms. The fourth-order valence-electron chi connectivity index (χ4n) is 4.74. The summed E-state index contributed by atoms with van der Waals surface area (Å²) in [4.78, 5) is 21.1. The lowest BCUT2D eigenvalue weighted by Gasteiger charge is -2.19. The molecule has 0 aliphatic heterocycles. The van der Waals surface area contributed by atoms with E-state index in [1.165, 1.54) is 39.5 Å². The number of nitrogen functional groups attached to an aromatic ring is 1. The smallest absolute Gasteiger partial charge is 0.267 e. The lowest BCUT2D eigenvalue weighted by molar-refractivity contribution is 0.103. The van der Waals surface area contributed by atoms with Crippen LogP contribution in [-0.2, 0) is 25.7 Å². The van der Waals surface area contributed by atoms with Gasteiger partial charge in [-0.3, -0.25) is 4.79 Å². The molecule has 3 N–H and O–H groups in total. The number of aromatic nitrogens is 1. The number of nitrogens with two attached hydrogens (primary N) is 1. The van der Waals surface area contributed by atoms with Crippen LogP contribution in [0.1, 0.15) is 58.7 Å². The Labute approximate surface area is 196 Å². The van der Waals surface area contributed by atoms with Gasteiger partial charge in [0.2, 0.25) is 0 Å². The summed E-state index contributed by atoms with van der Waals surface area (Å²) in [6, 6.07) is 10.4. The van der Waals surface area contributed by atoms with Crippen LogP contribution < -0.4 is 11.1 Å². The molecule has 1 amide bonds. The van der Waals surface area contributed by atoms with E-state index in [4.69, 9.17) is 10.7 Å². The maximum Gasteiger partial charge on any atom is 0.267 e. The molecule has 0 fully saturated rings. The Hall–Kier alpha value is -2.70. The maximum absolute atomic E-state index is 13.5. The summed E-state index contributed by atoms with van der Waals surface area (Å²) < 4.78 is 0. The van der Waals surface area contributed by atoms with Gasteiger partial charge < -0.3 is 11.1 Å². The first-order valence-electron chi connectivity index (χ1n) is 11.3. The van der Waals surface area contributed by atoms with Crippen molar-refractivity contribution >= 4 is 50.2 Å². The Balaban J connectivity index is 1.65. The quantitative estimate of drug-likeness (QED) is 0.341. The number of amides is 1. The number of rotatable bonds is 5. The number of hydrogen-bond acceptors (Lipinski definition) is 5. The number of carbonyl (C=O) groups is 1. The molecule has 0 radical (unpaired) electrons. The van der Waals surface area contributed by atoms with Crippen molar-refractivity contribution in [2.24, 2.45) is 0 Å². The molecule has 5 rings (SSSR count). The van der Waals surface area contributed by atoms with Crippen LogP contribution in [0.15, 0.2) is 35.7 Å². The zero-order valence-electron chi connectivity index (χ0n) is 18.5. The first kappa shape index (κ1) is 21.2. The van der Waals surface area contributed by atoms with Gasteiger partial charge in [0, 0.05) is 27.2 Å². The van der Waals surface area contributed by atoms with Gasteiger partial charge >= 0.3 is 0 Å². The molecular formula is C26H27N3OS2.